The maximum absolute atomic E-state index is 2.59. The fraction of sp³-hybridized carbons (Fsp3) is 1.00. The first-order valence-electron chi connectivity index (χ1n) is 5.87. The molecule has 1 saturated heterocycles. The van der Waals surface area contributed by atoms with E-state index in [0.29, 0.717) is 0 Å². The van der Waals surface area contributed by atoms with Crippen LogP contribution in [0.2, 0.25) is 0 Å². The summed E-state index contributed by atoms with van der Waals surface area (Å²) in [5.74, 6) is 0.889. The maximum atomic E-state index is 2.59. The number of hydrogen-bond donors (Lipinski definition) is 0. The van der Waals surface area contributed by atoms with Gasteiger partial charge in [0.1, 0.15) is 0 Å². The summed E-state index contributed by atoms with van der Waals surface area (Å²) >= 11 is 0. The van der Waals surface area contributed by atoms with Crippen LogP contribution >= 0.6 is 0 Å². The molecule has 0 bridgehead atoms. The number of rotatable bonds is 6. The Bertz CT molecular complexity index is 140. The van der Waals surface area contributed by atoms with Gasteiger partial charge in [0.25, 0.3) is 0 Å². The molecule has 0 amide bonds. The van der Waals surface area contributed by atoms with Crippen molar-refractivity contribution in [2.24, 2.45) is 5.92 Å². The first-order valence-corrected chi connectivity index (χ1v) is 5.87. The molecule has 1 heterocycles. The van der Waals surface area contributed by atoms with Crippen molar-refractivity contribution in [3.63, 3.8) is 0 Å². The summed E-state index contributed by atoms with van der Waals surface area (Å²) in [7, 11) is 0. The summed E-state index contributed by atoms with van der Waals surface area (Å²) in [5.41, 5.74) is 0. The molecule has 0 aromatic carbocycles. The van der Waals surface area contributed by atoms with E-state index in [4.69, 9.17) is 0 Å². The third kappa shape index (κ3) is 4.12. The van der Waals surface area contributed by atoms with Crippen LogP contribution in [0.15, 0.2) is 0 Å². The van der Waals surface area contributed by atoms with E-state index in [1.807, 2.05) is 0 Å². The van der Waals surface area contributed by atoms with Crippen molar-refractivity contribution in [1.82, 2.24) is 4.90 Å². The van der Waals surface area contributed by atoms with Crippen LogP contribution in [0.4, 0.5) is 0 Å². The highest BCUT2D eigenvalue weighted by atomic mass is 15.3. The van der Waals surface area contributed by atoms with Crippen molar-refractivity contribution < 1.29 is 0 Å². The lowest BCUT2D eigenvalue weighted by atomic mass is 10.0. The fourth-order valence-electron chi connectivity index (χ4n) is 2.02. The summed E-state index contributed by atoms with van der Waals surface area (Å²) < 4.78 is 0. The van der Waals surface area contributed by atoms with E-state index in [-0.39, 0.29) is 0 Å². The monoisotopic (exact) mass is 183 g/mol. The second-order valence-electron chi connectivity index (χ2n) is 5.12. The van der Waals surface area contributed by atoms with Crippen LogP contribution in [0.1, 0.15) is 53.4 Å². The molecule has 13 heavy (non-hydrogen) atoms. The van der Waals surface area contributed by atoms with Gasteiger partial charge in [0.15, 0.2) is 0 Å². The molecule has 1 fully saturated rings. The van der Waals surface area contributed by atoms with Crippen LogP contribution < -0.4 is 0 Å². The minimum absolute atomic E-state index is 0.773. The Morgan fingerprint density at radius 1 is 1.15 bits per heavy atom. The van der Waals surface area contributed by atoms with E-state index in [0.717, 1.165) is 18.0 Å². The molecular weight excluding hydrogens is 158 g/mol. The second-order valence-corrected chi connectivity index (χ2v) is 5.12. The summed E-state index contributed by atoms with van der Waals surface area (Å²) in [6.07, 6.45) is 5.71. The molecule has 2 atom stereocenters. The standard InChI is InChI=1S/C12H25N/c1-10(2)7-5-6-8-12-9-13(12)11(3)4/h10-12H,5-9H2,1-4H3. The summed E-state index contributed by atoms with van der Waals surface area (Å²) in [5, 5.41) is 0. The molecule has 0 aliphatic carbocycles. The predicted molar refractivity (Wildman–Crippen MR) is 58.9 cm³/mol. The lowest BCUT2D eigenvalue weighted by Gasteiger charge is -2.07. The van der Waals surface area contributed by atoms with Crippen molar-refractivity contribution in [3.05, 3.63) is 0 Å². The summed E-state index contributed by atoms with van der Waals surface area (Å²) in [6, 6.07) is 1.71. The zero-order chi connectivity index (χ0) is 9.84. The first-order chi connectivity index (χ1) is 6.11. The Kier molecular flexibility index (Phi) is 4.24. The van der Waals surface area contributed by atoms with Crippen LogP contribution in [-0.4, -0.2) is 23.5 Å². The minimum Gasteiger partial charge on any atom is -0.295 e. The molecule has 1 nitrogen and oxygen atoms in total. The van der Waals surface area contributed by atoms with E-state index in [1.54, 1.807) is 0 Å². The number of nitrogens with zero attached hydrogens (tertiary/aromatic N) is 1. The molecule has 2 unspecified atom stereocenters. The molecule has 0 spiro atoms. The lowest BCUT2D eigenvalue weighted by Crippen LogP contribution is -2.11. The van der Waals surface area contributed by atoms with E-state index in [9.17, 15) is 0 Å². The van der Waals surface area contributed by atoms with Crippen LogP contribution in [0, 0.1) is 5.92 Å². The van der Waals surface area contributed by atoms with Gasteiger partial charge in [0, 0.05) is 18.6 Å². The average Bonchev–Trinajstić information content (AvgIpc) is 2.76. The van der Waals surface area contributed by atoms with Crippen LogP contribution in [-0.2, 0) is 0 Å². The molecule has 1 aliphatic rings. The average molecular weight is 183 g/mol. The molecule has 78 valence electrons. The van der Waals surface area contributed by atoms with E-state index < -0.39 is 0 Å². The fourth-order valence-corrected chi connectivity index (χ4v) is 2.02. The Labute approximate surface area is 83.5 Å². The first kappa shape index (κ1) is 11.0. The van der Waals surface area contributed by atoms with Crippen LogP contribution in [0.25, 0.3) is 0 Å². The summed E-state index contributed by atoms with van der Waals surface area (Å²) in [6.45, 7) is 10.6. The van der Waals surface area contributed by atoms with Crippen molar-refractivity contribution in [2.45, 2.75) is 65.5 Å². The molecule has 1 aliphatic heterocycles. The van der Waals surface area contributed by atoms with E-state index >= 15 is 0 Å². The highest BCUT2D eigenvalue weighted by Gasteiger charge is 2.34. The third-order valence-electron chi connectivity index (χ3n) is 2.99. The van der Waals surface area contributed by atoms with Gasteiger partial charge in [0.05, 0.1) is 0 Å². The quantitative estimate of drug-likeness (QED) is 0.451. The van der Waals surface area contributed by atoms with Gasteiger partial charge in [-0.05, 0) is 26.2 Å². The largest absolute Gasteiger partial charge is 0.295 e. The second kappa shape index (κ2) is 4.99. The topological polar surface area (TPSA) is 3.01 Å². The highest BCUT2D eigenvalue weighted by molar-refractivity contribution is 4.90. The number of unbranched alkanes of at least 4 members (excludes halogenated alkanes) is 1. The predicted octanol–water partition coefficient (Wildman–Crippen LogP) is 3.30. The van der Waals surface area contributed by atoms with Crippen molar-refractivity contribution in [1.29, 1.82) is 0 Å². The van der Waals surface area contributed by atoms with Crippen LogP contribution in [0.5, 0.6) is 0 Å². The number of hydrogen-bond acceptors (Lipinski definition) is 1. The third-order valence-corrected chi connectivity index (χ3v) is 2.99. The Morgan fingerprint density at radius 3 is 2.31 bits per heavy atom. The minimum atomic E-state index is 0.773. The highest BCUT2D eigenvalue weighted by Crippen LogP contribution is 2.26. The van der Waals surface area contributed by atoms with Gasteiger partial charge in [-0.15, -0.1) is 0 Å². The zero-order valence-electron chi connectivity index (χ0n) is 9.71. The van der Waals surface area contributed by atoms with Gasteiger partial charge in [-0.3, -0.25) is 4.90 Å². The molecule has 0 radical (unpaired) electrons. The van der Waals surface area contributed by atoms with Crippen molar-refractivity contribution in [3.8, 4) is 0 Å². The normalized spacial score (nSPS) is 27.2. The zero-order valence-corrected chi connectivity index (χ0v) is 9.71. The smallest absolute Gasteiger partial charge is 0.0226 e. The van der Waals surface area contributed by atoms with Gasteiger partial charge >= 0.3 is 0 Å². The Morgan fingerprint density at radius 2 is 1.85 bits per heavy atom. The van der Waals surface area contributed by atoms with E-state index in [2.05, 4.69) is 32.6 Å². The lowest BCUT2D eigenvalue weighted by molar-refractivity contribution is 0.403. The molecule has 0 saturated carbocycles. The molecule has 0 aromatic rings. The maximum Gasteiger partial charge on any atom is 0.0226 e. The van der Waals surface area contributed by atoms with Gasteiger partial charge in [-0.1, -0.05) is 33.1 Å². The molecule has 1 heteroatoms. The van der Waals surface area contributed by atoms with Gasteiger partial charge < -0.3 is 0 Å². The molecular formula is C12H25N. The molecule has 1 rings (SSSR count). The van der Waals surface area contributed by atoms with Gasteiger partial charge in [0.2, 0.25) is 0 Å². The summed E-state index contributed by atoms with van der Waals surface area (Å²) in [4.78, 5) is 2.59. The molecule has 0 aromatic heterocycles. The van der Waals surface area contributed by atoms with Gasteiger partial charge in [-0.2, -0.15) is 0 Å². The van der Waals surface area contributed by atoms with Crippen molar-refractivity contribution >= 4 is 0 Å². The van der Waals surface area contributed by atoms with Crippen LogP contribution in [0.3, 0.4) is 0 Å². The van der Waals surface area contributed by atoms with E-state index in [1.165, 1.54) is 32.2 Å². The molecule has 0 N–H and O–H groups in total. The Balaban J connectivity index is 1.91. The Hall–Kier alpha value is -0.0400. The van der Waals surface area contributed by atoms with Gasteiger partial charge in [-0.25, -0.2) is 0 Å². The van der Waals surface area contributed by atoms with Crippen molar-refractivity contribution in [2.75, 3.05) is 6.54 Å². The SMILES string of the molecule is CC(C)CCCCC1CN1C(C)C.